The quantitative estimate of drug-likeness (QED) is 0.375. The fourth-order valence-corrected chi connectivity index (χ4v) is 7.27. The molecule has 0 bridgehead atoms. The Labute approximate surface area is 235 Å². The lowest BCUT2D eigenvalue weighted by molar-refractivity contribution is -0.142. The number of nitrogens with one attached hydrogen (secondary N) is 2. The van der Waals surface area contributed by atoms with Crippen LogP contribution >= 0.6 is 23.2 Å². The number of alkyl halides is 5. The van der Waals surface area contributed by atoms with Crippen LogP contribution in [0, 0.1) is 29.1 Å². The van der Waals surface area contributed by atoms with E-state index >= 15 is 0 Å². The van der Waals surface area contributed by atoms with Gasteiger partial charge in [0.15, 0.2) is 5.69 Å². The SMILES string of the molecule is CCn1cc(C2CC(Cn3ccoc3=N)CC(C(=O)N[C@@H](C3CC3)C3CCC(Cl)C(Cl)C3)C2)c(C(F)(F)F)n1. The second kappa shape index (κ2) is 11.5. The van der Waals surface area contributed by atoms with Crippen LogP contribution in [0.5, 0.6) is 0 Å². The van der Waals surface area contributed by atoms with E-state index in [1.165, 1.54) is 17.1 Å². The summed E-state index contributed by atoms with van der Waals surface area (Å²) in [5, 5.41) is 15.0. The van der Waals surface area contributed by atoms with Gasteiger partial charge in [-0.1, -0.05) is 0 Å². The van der Waals surface area contributed by atoms with Crippen LogP contribution in [-0.4, -0.2) is 37.1 Å². The molecule has 12 heteroatoms. The summed E-state index contributed by atoms with van der Waals surface area (Å²) in [6, 6.07) is 0.0124. The van der Waals surface area contributed by atoms with Gasteiger partial charge in [0.05, 0.1) is 5.38 Å². The number of aromatic nitrogens is 3. The molecule has 39 heavy (non-hydrogen) atoms. The standard InChI is InChI=1S/C27H36Cl2F3N5O2/c1-2-37-14-20(24(35-37)27(30,31)32)18-9-15(13-36-7-8-39-26(36)33)10-19(11-18)25(38)34-23(16-3-4-16)17-5-6-21(28)22(29)12-17/h7-8,14-19,21-23,33H,2-6,9-13H2,1H3,(H,34,38)/t15?,17?,18?,19?,21?,22?,23-/m0/s1. The number of halogens is 5. The normalized spacial score (nSPS) is 30.7. The van der Waals surface area contributed by atoms with Crippen molar-refractivity contribution in [1.29, 1.82) is 5.41 Å². The summed E-state index contributed by atoms with van der Waals surface area (Å²) in [7, 11) is 0. The lowest BCUT2D eigenvalue weighted by Crippen LogP contribution is -2.48. The number of amides is 1. The molecule has 0 aliphatic heterocycles. The Morgan fingerprint density at radius 2 is 1.90 bits per heavy atom. The van der Waals surface area contributed by atoms with E-state index in [0.717, 1.165) is 32.1 Å². The van der Waals surface area contributed by atoms with Gasteiger partial charge < -0.3 is 9.73 Å². The molecule has 2 aromatic heterocycles. The molecule has 2 N–H and O–H groups in total. The van der Waals surface area contributed by atoms with Gasteiger partial charge in [-0.05, 0) is 82.0 Å². The van der Waals surface area contributed by atoms with Crippen LogP contribution < -0.4 is 11.0 Å². The molecular weight excluding hydrogens is 554 g/mol. The third kappa shape index (κ3) is 6.53. The third-order valence-corrected chi connectivity index (χ3v) is 9.95. The summed E-state index contributed by atoms with van der Waals surface area (Å²) < 4.78 is 50.0. The highest BCUT2D eigenvalue weighted by Gasteiger charge is 2.45. The van der Waals surface area contributed by atoms with Crippen molar-refractivity contribution in [3.8, 4) is 0 Å². The number of hydrogen-bond donors (Lipinski definition) is 2. The van der Waals surface area contributed by atoms with Crippen molar-refractivity contribution in [3.63, 3.8) is 0 Å². The first-order valence-electron chi connectivity index (χ1n) is 13.9. The molecule has 0 aromatic carbocycles. The maximum atomic E-state index is 14.0. The van der Waals surface area contributed by atoms with Crippen molar-refractivity contribution >= 4 is 29.1 Å². The zero-order valence-electron chi connectivity index (χ0n) is 22.0. The first-order chi connectivity index (χ1) is 18.5. The average molecular weight is 591 g/mol. The van der Waals surface area contributed by atoms with Crippen molar-refractivity contribution in [2.24, 2.45) is 23.7 Å². The first kappa shape index (κ1) is 28.6. The van der Waals surface area contributed by atoms with E-state index in [2.05, 4.69) is 10.4 Å². The van der Waals surface area contributed by atoms with E-state index in [-0.39, 0.29) is 45.8 Å². The van der Waals surface area contributed by atoms with E-state index in [9.17, 15) is 18.0 Å². The zero-order valence-corrected chi connectivity index (χ0v) is 23.5. The maximum Gasteiger partial charge on any atom is 0.435 e. The van der Waals surface area contributed by atoms with Crippen LogP contribution in [-0.2, 0) is 24.1 Å². The molecular formula is C27H36Cl2F3N5O2. The largest absolute Gasteiger partial charge is 0.435 e. The number of carbonyl (C=O) groups excluding carboxylic acids is 1. The van der Waals surface area contributed by atoms with Crippen LogP contribution in [0.15, 0.2) is 23.1 Å². The fraction of sp³-hybridized carbons (Fsp3) is 0.741. The molecule has 0 saturated heterocycles. The molecule has 3 aliphatic carbocycles. The second-order valence-electron chi connectivity index (χ2n) is 11.6. The minimum Gasteiger partial charge on any atom is -0.432 e. The summed E-state index contributed by atoms with van der Waals surface area (Å²) in [6.45, 7) is 2.48. The van der Waals surface area contributed by atoms with Crippen molar-refractivity contribution < 1.29 is 22.4 Å². The van der Waals surface area contributed by atoms with E-state index in [4.69, 9.17) is 33.0 Å². The summed E-state index contributed by atoms with van der Waals surface area (Å²) >= 11 is 12.8. The van der Waals surface area contributed by atoms with E-state index in [1.807, 2.05) is 0 Å². The Hall–Kier alpha value is -1.94. The van der Waals surface area contributed by atoms with Gasteiger partial charge in [-0.3, -0.25) is 19.5 Å². The highest BCUT2D eigenvalue weighted by atomic mass is 35.5. The first-order valence-corrected chi connectivity index (χ1v) is 14.8. The highest BCUT2D eigenvalue weighted by Crippen LogP contribution is 2.46. The van der Waals surface area contributed by atoms with Gasteiger partial charge in [0, 0.05) is 48.4 Å². The summed E-state index contributed by atoms with van der Waals surface area (Å²) in [4.78, 5) is 13.8. The molecule has 0 radical (unpaired) electrons. The Kier molecular flexibility index (Phi) is 8.43. The number of aryl methyl sites for hydroxylation is 1. The van der Waals surface area contributed by atoms with Gasteiger partial charge in [-0.25, -0.2) is 0 Å². The molecule has 7 nitrogen and oxygen atoms in total. The lowest BCUT2D eigenvalue weighted by Gasteiger charge is -2.38. The van der Waals surface area contributed by atoms with Crippen LogP contribution in [0.3, 0.4) is 0 Å². The number of hydrogen-bond acceptors (Lipinski definition) is 4. The molecule has 2 heterocycles. The molecule has 216 valence electrons. The van der Waals surface area contributed by atoms with Crippen LogP contribution in [0.2, 0.25) is 0 Å². The van der Waals surface area contributed by atoms with Crippen LogP contribution in [0.25, 0.3) is 0 Å². The summed E-state index contributed by atoms with van der Waals surface area (Å²) in [5.74, 6) is -0.454. The molecule has 5 rings (SSSR count). The van der Waals surface area contributed by atoms with E-state index in [1.54, 1.807) is 17.7 Å². The predicted octanol–water partition coefficient (Wildman–Crippen LogP) is 5.91. The van der Waals surface area contributed by atoms with E-state index < -0.39 is 23.7 Å². The monoisotopic (exact) mass is 589 g/mol. The zero-order chi connectivity index (χ0) is 27.9. The van der Waals surface area contributed by atoms with Crippen molar-refractivity contribution in [2.45, 2.75) is 100 Å². The predicted molar refractivity (Wildman–Crippen MR) is 140 cm³/mol. The molecule has 3 aliphatic rings. The summed E-state index contributed by atoms with van der Waals surface area (Å²) in [5.41, 5.74) is -0.736. The number of oxazole rings is 1. The van der Waals surface area contributed by atoms with Crippen molar-refractivity contribution in [2.75, 3.05) is 0 Å². The highest BCUT2D eigenvalue weighted by molar-refractivity contribution is 6.30. The van der Waals surface area contributed by atoms with Gasteiger partial charge in [-0.15, -0.1) is 23.2 Å². The van der Waals surface area contributed by atoms with Gasteiger partial charge in [-0.2, -0.15) is 18.3 Å². The Morgan fingerprint density at radius 3 is 2.51 bits per heavy atom. The van der Waals surface area contributed by atoms with Crippen LogP contribution in [0.4, 0.5) is 13.2 Å². The smallest absolute Gasteiger partial charge is 0.432 e. The molecule has 2 aromatic rings. The molecule has 7 atom stereocenters. The van der Waals surface area contributed by atoms with Crippen LogP contribution in [0.1, 0.15) is 75.5 Å². The molecule has 1 amide bonds. The average Bonchev–Trinajstić information content (AvgIpc) is 3.50. The molecule has 0 spiro atoms. The van der Waals surface area contributed by atoms with Gasteiger partial charge in [0.2, 0.25) is 5.91 Å². The lowest BCUT2D eigenvalue weighted by atomic mass is 9.72. The number of rotatable bonds is 8. The number of nitrogens with zero attached hydrogens (tertiary/aromatic N) is 3. The van der Waals surface area contributed by atoms with Gasteiger partial charge >= 0.3 is 6.18 Å². The molecule has 3 saturated carbocycles. The minimum atomic E-state index is -4.58. The van der Waals surface area contributed by atoms with Crippen molar-refractivity contribution in [1.82, 2.24) is 19.7 Å². The molecule has 6 unspecified atom stereocenters. The molecule has 3 fully saturated rings. The van der Waals surface area contributed by atoms with Gasteiger partial charge in [0.25, 0.3) is 5.68 Å². The minimum absolute atomic E-state index is 0.0124. The summed E-state index contributed by atoms with van der Waals surface area (Å²) in [6.07, 6.45) is 5.90. The second-order valence-corrected chi connectivity index (χ2v) is 12.7. The maximum absolute atomic E-state index is 14.0. The Balaban J connectivity index is 1.38. The third-order valence-electron chi connectivity index (χ3n) is 8.81. The van der Waals surface area contributed by atoms with Gasteiger partial charge in [0.1, 0.15) is 6.26 Å². The fourth-order valence-electron chi connectivity index (χ4n) is 6.69. The number of carbonyl (C=O) groups is 1. The Morgan fingerprint density at radius 1 is 1.15 bits per heavy atom. The topological polar surface area (TPSA) is 88.8 Å². The van der Waals surface area contributed by atoms with E-state index in [0.29, 0.717) is 38.3 Å². The van der Waals surface area contributed by atoms with Crippen molar-refractivity contribution in [3.05, 3.63) is 35.6 Å². The Bertz CT molecular complexity index is 1210.